The van der Waals surface area contributed by atoms with Gasteiger partial charge in [0, 0.05) is 11.8 Å². The molecule has 136 valence electrons. The molecule has 6 heteroatoms. The molecule has 0 bridgehead atoms. The topological polar surface area (TPSA) is 57.8 Å². The van der Waals surface area contributed by atoms with E-state index >= 15 is 0 Å². The number of hydrogen-bond acceptors (Lipinski definition) is 4. The maximum atomic E-state index is 5.58. The van der Waals surface area contributed by atoms with Gasteiger partial charge in [-0.15, -0.1) is 5.10 Å². The van der Waals surface area contributed by atoms with E-state index in [0.717, 1.165) is 28.4 Å². The number of ether oxygens (including phenoxy) is 1. The highest BCUT2D eigenvalue weighted by Gasteiger charge is 2.11. The van der Waals surface area contributed by atoms with E-state index < -0.39 is 0 Å². The molecule has 0 aliphatic carbocycles. The number of hydrogen-bond donors (Lipinski definition) is 0. The van der Waals surface area contributed by atoms with Crippen LogP contribution in [-0.4, -0.2) is 31.7 Å². The Morgan fingerprint density at radius 2 is 1.93 bits per heavy atom. The summed E-state index contributed by atoms with van der Waals surface area (Å²) in [5.74, 6) is 0.762. The summed E-state index contributed by atoms with van der Waals surface area (Å²) in [7, 11) is 1.67. The second-order valence-electron chi connectivity index (χ2n) is 6.60. The second kappa shape index (κ2) is 7.07. The van der Waals surface area contributed by atoms with Crippen LogP contribution in [0.1, 0.15) is 16.8 Å². The number of methoxy groups -OCH3 is 1. The summed E-state index contributed by atoms with van der Waals surface area (Å²) in [5.41, 5.74) is 6.12. The van der Waals surface area contributed by atoms with Crippen LogP contribution in [-0.2, 0) is 6.54 Å². The molecule has 2 heterocycles. The van der Waals surface area contributed by atoms with Crippen LogP contribution in [0.2, 0.25) is 0 Å². The first-order chi connectivity index (χ1) is 13.1. The zero-order valence-electron chi connectivity index (χ0n) is 15.6. The van der Waals surface area contributed by atoms with Crippen LogP contribution < -0.4 is 4.74 Å². The maximum Gasteiger partial charge on any atom is 0.143 e. The van der Waals surface area contributed by atoms with Gasteiger partial charge < -0.3 is 9.30 Å². The van der Waals surface area contributed by atoms with Crippen molar-refractivity contribution in [2.45, 2.75) is 20.4 Å². The van der Waals surface area contributed by atoms with Crippen LogP contribution in [0, 0.1) is 13.8 Å². The number of imidazole rings is 1. The Hall–Kier alpha value is -3.41. The van der Waals surface area contributed by atoms with Gasteiger partial charge in [0.25, 0.3) is 0 Å². The largest absolute Gasteiger partial charge is 0.495 e. The van der Waals surface area contributed by atoms with E-state index in [-0.39, 0.29) is 0 Å². The summed E-state index contributed by atoms with van der Waals surface area (Å²) in [4.78, 5) is 4.28. The molecule has 2 aromatic carbocycles. The van der Waals surface area contributed by atoms with Gasteiger partial charge in [0.1, 0.15) is 11.4 Å². The molecule has 0 saturated heterocycles. The third kappa shape index (κ3) is 3.60. The van der Waals surface area contributed by atoms with Gasteiger partial charge in [-0.05, 0) is 31.5 Å². The number of nitrogens with zero attached hydrogens (tertiary/aromatic N) is 5. The molecule has 0 fully saturated rings. The average molecular weight is 359 g/mol. The fourth-order valence-corrected chi connectivity index (χ4v) is 3.11. The maximum absolute atomic E-state index is 5.58. The minimum Gasteiger partial charge on any atom is -0.495 e. The SMILES string of the molecule is COc1cc(-c2cn(Cc3cccc(C)c3)nn2)ccc1-n1cnc(C)c1. The van der Waals surface area contributed by atoms with Crippen LogP contribution in [0.5, 0.6) is 5.75 Å². The summed E-state index contributed by atoms with van der Waals surface area (Å²) in [6.45, 7) is 4.74. The quantitative estimate of drug-likeness (QED) is 0.544. The number of aromatic nitrogens is 5. The number of aryl methyl sites for hydroxylation is 2. The van der Waals surface area contributed by atoms with Crippen LogP contribution in [0.25, 0.3) is 16.9 Å². The van der Waals surface area contributed by atoms with Gasteiger partial charge in [0.2, 0.25) is 0 Å². The molecule has 4 aromatic rings. The summed E-state index contributed by atoms with van der Waals surface area (Å²) >= 11 is 0. The van der Waals surface area contributed by atoms with E-state index in [0.29, 0.717) is 6.54 Å². The zero-order chi connectivity index (χ0) is 18.8. The van der Waals surface area contributed by atoms with E-state index in [4.69, 9.17) is 4.74 Å². The van der Waals surface area contributed by atoms with Gasteiger partial charge in [0.15, 0.2) is 0 Å². The standard InChI is InChI=1S/C21H21N5O/c1-15-5-4-6-17(9-15)12-26-13-19(23-24-26)18-7-8-20(21(10-18)27-3)25-11-16(2)22-14-25/h4-11,13-14H,12H2,1-3H3. The van der Waals surface area contributed by atoms with E-state index in [2.05, 4.69) is 46.5 Å². The first kappa shape index (κ1) is 17.0. The normalized spacial score (nSPS) is 10.9. The molecule has 0 spiro atoms. The fraction of sp³-hybridized carbons (Fsp3) is 0.190. The monoisotopic (exact) mass is 359 g/mol. The molecule has 6 nitrogen and oxygen atoms in total. The van der Waals surface area contributed by atoms with Crippen molar-refractivity contribution in [1.29, 1.82) is 0 Å². The summed E-state index contributed by atoms with van der Waals surface area (Å²) in [5, 5.41) is 8.59. The van der Waals surface area contributed by atoms with Crippen LogP contribution in [0.15, 0.2) is 61.2 Å². The van der Waals surface area contributed by atoms with E-state index in [1.807, 2.05) is 46.8 Å². The molecule has 0 N–H and O–H groups in total. The molecule has 0 radical (unpaired) electrons. The lowest BCUT2D eigenvalue weighted by atomic mass is 10.1. The molecule has 0 amide bonds. The first-order valence-corrected chi connectivity index (χ1v) is 8.77. The Kier molecular flexibility index (Phi) is 4.46. The zero-order valence-corrected chi connectivity index (χ0v) is 15.6. The number of benzene rings is 2. The molecule has 2 aromatic heterocycles. The van der Waals surface area contributed by atoms with Gasteiger partial charge >= 0.3 is 0 Å². The summed E-state index contributed by atoms with van der Waals surface area (Å²) < 4.78 is 9.39. The Balaban J connectivity index is 1.61. The molecular formula is C21H21N5O. The van der Waals surface area contributed by atoms with Crippen molar-refractivity contribution in [3.8, 4) is 22.7 Å². The minimum atomic E-state index is 0.693. The van der Waals surface area contributed by atoms with Crippen molar-refractivity contribution in [2.24, 2.45) is 0 Å². The van der Waals surface area contributed by atoms with Crippen molar-refractivity contribution in [3.63, 3.8) is 0 Å². The Morgan fingerprint density at radius 3 is 2.67 bits per heavy atom. The van der Waals surface area contributed by atoms with E-state index in [9.17, 15) is 0 Å². The molecule has 0 unspecified atom stereocenters. The average Bonchev–Trinajstić information content (AvgIpc) is 3.30. The molecule has 0 aliphatic heterocycles. The van der Waals surface area contributed by atoms with Crippen molar-refractivity contribution in [2.75, 3.05) is 7.11 Å². The van der Waals surface area contributed by atoms with E-state index in [1.54, 1.807) is 13.4 Å². The molecule has 0 atom stereocenters. The highest BCUT2D eigenvalue weighted by molar-refractivity contribution is 5.64. The Morgan fingerprint density at radius 1 is 1.04 bits per heavy atom. The molecule has 27 heavy (non-hydrogen) atoms. The third-order valence-corrected chi connectivity index (χ3v) is 4.43. The van der Waals surface area contributed by atoms with Gasteiger partial charge in [-0.3, -0.25) is 0 Å². The molecule has 4 rings (SSSR count). The first-order valence-electron chi connectivity index (χ1n) is 8.77. The smallest absolute Gasteiger partial charge is 0.143 e. The third-order valence-electron chi connectivity index (χ3n) is 4.43. The molecule has 0 saturated carbocycles. The van der Waals surface area contributed by atoms with Crippen molar-refractivity contribution < 1.29 is 4.74 Å². The minimum absolute atomic E-state index is 0.693. The number of rotatable bonds is 5. The summed E-state index contributed by atoms with van der Waals surface area (Å²) in [6, 6.07) is 14.4. The summed E-state index contributed by atoms with van der Waals surface area (Å²) in [6.07, 6.45) is 5.71. The predicted octanol–water partition coefficient (Wildman–Crippen LogP) is 3.80. The van der Waals surface area contributed by atoms with Crippen LogP contribution in [0.4, 0.5) is 0 Å². The van der Waals surface area contributed by atoms with Gasteiger partial charge in [0.05, 0.1) is 37.6 Å². The van der Waals surface area contributed by atoms with Gasteiger partial charge in [-0.1, -0.05) is 41.1 Å². The lowest BCUT2D eigenvalue weighted by molar-refractivity contribution is 0.413. The molecular weight excluding hydrogens is 338 g/mol. The molecule has 0 aliphatic rings. The highest BCUT2D eigenvalue weighted by atomic mass is 16.5. The van der Waals surface area contributed by atoms with Crippen LogP contribution in [0.3, 0.4) is 0 Å². The predicted molar refractivity (Wildman–Crippen MR) is 104 cm³/mol. The Labute approximate surface area is 158 Å². The van der Waals surface area contributed by atoms with E-state index in [1.165, 1.54) is 11.1 Å². The van der Waals surface area contributed by atoms with Crippen LogP contribution >= 0.6 is 0 Å². The van der Waals surface area contributed by atoms with Gasteiger partial charge in [-0.25, -0.2) is 9.67 Å². The Bertz CT molecular complexity index is 1080. The highest BCUT2D eigenvalue weighted by Crippen LogP contribution is 2.29. The van der Waals surface area contributed by atoms with Crippen molar-refractivity contribution >= 4 is 0 Å². The lowest BCUT2D eigenvalue weighted by Crippen LogP contribution is -2.00. The van der Waals surface area contributed by atoms with Crippen molar-refractivity contribution in [3.05, 3.63) is 78.0 Å². The lowest BCUT2D eigenvalue weighted by Gasteiger charge is -2.10. The van der Waals surface area contributed by atoms with Crippen molar-refractivity contribution in [1.82, 2.24) is 24.5 Å². The second-order valence-corrected chi connectivity index (χ2v) is 6.60. The van der Waals surface area contributed by atoms with Gasteiger partial charge in [-0.2, -0.15) is 0 Å². The fourth-order valence-electron chi connectivity index (χ4n) is 3.11.